The van der Waals surface area contributed by atoms with Crippen LogP contribution >= 0.6 is 0 Å². The van der Waals surface area contributed by atoms with Crippen molar-refractivity contribution in [2.75, 3.05) is 32.8 Å². The van der Waals surface area contributed by atoms with Gasteiger partial charge in [-0.2, -0.15) is 0 Å². The lowest BCUT2D eigenvalue weighted by atomic mass is 9.90. The van der Waals surface area contributed by atoms with Crippen LogP contribution in [0, 0.1) is 0 Å². The predicted molar refractivity (Wildman–Crippen MR) is 99.4 cm³/mol. The number of rotatable bonds is 7. The molecule has 2 heterocycles. The molecule has 2 atom stereocenters. The summed E-state index contributed by atoms with van der Waals surface area (Å²) in [7, 11) is 0. The maximum atomic E-state index is 10.3. The van der Waals surface area contributed by atoms with Gasteiger partial charge in [0.15, 0.2) is 0 Å². The Balaban J connectivity index is 1.14. The quantitative estimate of drug-likeness (QED) is 0.809. The van der Waals surface area contributed by atoms with Crippen molar-refractivity contribution in [1.82, 2.24) is 4.90 Å². The third kappa shape index (κ3) is 4.58. The fourth-order valence-corrected chi connectivity index (χ4v) is 4.52. The Morgan fingerprint density at radius 2 is 1.88 bits per heavy atom. The molecule has 0 bridgehead atoms. The van der Waals surface area contributed by atoms with Crippen LogP contribution in [-0.2, 0) is 9.47 Å². The first-order chi connectivity index (χ1) is 12.7. The number of likely N-dealkylation sites (tertiary alicyclic amines) is 1. The summed E-state index contributed by atoms with van der Waals surface area (Å²) in [5.41, 5.74) is -0.0800. The molecule has 4 rings (SSSR count). The highest BCUT2D eigenvalue weighted by molar-refractivity contribution is 5.21. The Morgan fingerprint density at radius 3 is 2.65 bits per heavy atom. The van der Waals surface area contributed by atoms with Gasteiger partial charge in [0, 0.05) is 26.1 Å². The molecule has 3 fully saturated rings. The van der Waals surface area contributed by atoms with E-state index in [0.717, 1.165) is 38.1 Å². The normalized spacial score (nSPS) is 27.3. The number of β-amino-alcohol motifs (C(OH)–C–C–N with tert-alkyl or cyclic N) is 1. The number of para-hydroxylation sites is 1. The predicted octanol–water partition coefficient (Wildman–Crippen LogP) is 2.62. The molecular formula is C21H31NO4. The fourth-order valence-electron chi connectivity index (χ4n) is 4.52. The van der Waals surface area contributed by atoms with Crippen molar-refractivity contribution in [3.05, 3.63) is 30.3 Å². The van der Waals surface area contributed by atoms with E-state index in [-0.39, 0.29) is 11.7 Å². The second-order valence-electron chi connectivity index (χ2n) is 8.17. The summed E-state index contributed by atoms with van der Waals surface area (Å²) < 4.78 is 18.0. The van der Waals surface area contributed by atoms with Crippen LogP contribution in [0.15, 0.2) is 30.3 Å². The number of benzene rings is 1. The van der Waals surface area contributed by atoms with E-state index >= 15 is 0 Å². The molecule has 5 nitrogen and oxygen atoms in total. The largest absolute Gasteiger partial charge is 0.488 e. The Bertz CT molecular complexity index is 554. The molecule has 2 aliphatic heterocycles. The van der Waals surface area contributed by atoms with Gasteiger partial charge in [0.2, 0.25) is 0 Å². The number of hydrogen-bond acceptors (Lipinski definition) is 5. The van der Waals surface area contributed by atoms with Gasteiger partial charge < -0.3 is 19.3 Å². The third-order valence-electron chi connectivity index (χ3n) is 5.79. The van der Waals surface area contributed by atoms with Crippen LogP contribution in [-0.4, -0.2) is 66.8 Å². The number of hydrogen-bond donors (Lipinski definition) is 1. The first kappa shape index (κ1) is 18.2. The van der Waals surface area contributed by atoms with Gasteiger partial charge >= 0.3 is 0 Å². The van der Waals surface area contributed by atoms with Crippen LogP contribution in [0.4, 0.5) is 0 Å². The van der Waals surface area contributed by atoms with E-state index in [1.807, 2.05) is 30.3 Å². The summed E-state index contributed by atoms with van der Waals surface area (Å²) in [5.74, 6) is 0.907. The summed E-state index contributed by atoms with van der Waals surface area (Å²) in [6.07, 6.45) is 7.14. The maximum Gasteiger partial charge on any atom is 0.125 e. The lowest BCUT2D eigenvalue weighted by Gasteiger charge is -2.47. The van der Waals surface area contributed by atoms with E-state index in [1.165, 1.54) is 19.3 Å². The van der Waals surface area contributed by atoms with Crippen LogP contribution in [0.3, 0.4) is 0 Å². The van der Waals surface area contributed by atoms with E-state index in [1.54, 1.807) is 0 Å². The van der Waals surface area contributed by atoms with Crippen molar-refractivity contribution in [3.8, 4) is 5.75 Å². The molecule has 26 heavy (non-hydrogen) atoms. The van der Waals surface area contributed by atoms with Crippen LogP contribution in [0.2, 0.25) is 0 Å². The number of aliphatic hydroxyl groups is 1. The third-order valence-corrected chi connectivity index (χ3v) is 5.79. The maximum absolute atomic E-state index is 10.3. The molecule has 1 N–H and O–H groups in total. The van der Waals surface area contributed by atoms with Crippen LogP contribution in [0.25, 0.3) is 0 Å². The van der Waals surface area contributed by atoms with E-state index in [2.05, 4.69) is 4.90 Å². The molecule has 3 aliphatic rings. The number of nitrogens with zero attached hydrogens (tertiary/aromatic N) is 1. The highest BCUT2D eigenvalue weighted by Crippen LogP contribution is 2.36. The summed E-state index contributed by atoms with van der Waals surface area (Å²) in [6.45, 7) is 3.52. The SMILES string of the molecule is O[C@@H](COC1CCCCC1)CN1CC2(CC(Oc3ccccc3)CO2)C1. The molecular weight excluding hydrogens is 330 g/mol. The molecule has 0 aromatic heterocycles. The van der Waals surface area contributed by atoms with E-state index in [9.17, 15) is 5.11 Å². The Morgan fingerprint density at radius 1 is 1.12 bits per heavy atom. The number of aliphatic hydroxyl groups excluding tert-OH is 1. The summed E-state index contributed by atoms with van der Waals surface area (Å²) >= 11 is 0. The minimum Gasteiger partial charge on any atom is -0.488 e. The summed E-state index contributed by atoms with van der Waals surface area (Å²) in [5, 5.41) is 10.3. The molecule has 144 valence electrons. The molecule has 1 aromatic rings. The average Bonchev–Trinajstić information content (AvgIpc) is 3.05. The minimum absolute atomic E-state index is 0.0800. The topological polar surface area (TPSA) is 51.2 Å². The van der Waals surface area contributed by atoms with Crippen molar-refractivity contribution < 1.29 is 19.3 Å². The summed E-state index contributed by atoms with van der Waals surface area (Å²) in [4.78, 5) is 2.26. The Hall–Kier alpha value is -1.14. The molecule has 1 unspecified atom stereocenters. The zero-order valence-corrected chi connectivity index (χ0v) is 15.5. The lowest BCUT2D eigenvalue weighted by molar-refractivity contribution is -0.126. The van der Waals surface area contributed by atoms with Crippen molar-refractivity contribution in [2.45, 2.75) is 62.4 Å². The zero-order valence-electron chi connectivity index (χ0n) is 15.5. The molecule has 5 heteroatoms. The highest BCUT2D eigenvalue weighted by atomic mass is 16.6. The second kappa shape index (κ2) is 8.26. The average molecular weight is 361 g/mol. The first-order valence-corrected chi connectivity index (χ1v) is 10.1. The van der Waals surface area contributed by atoms with Crippen LogP contribution in [0.5, 0.6) is 5.75 Å². The van der Waals surface area contributed by atoms with Gasteiger partial charge in [-0.1, -0.05) is 37.5 Å². The van der Waals surface area contributed by atoms with Gasteiger partial charge in [-0.25, -0.2) is 0 Å². The first-order valence-electron chi connectivity index (χ1n) is 10.1. The van der Waals surface area contributed by atoms with Gasteiger partial charge in [0.25, 0.3) is 0 Å². The van der Waals surface area contributed by atoms with E-state index < -0.39 is 6.10 Å². The molecule has 0 radical (unpaired) electrons. The minimum atomic E-state index is -0.410. The summed E-state index contributed by atoms with van der Waals surface area (Å²) in [6, 6.07) is 9.94. The molecule has 1 aromatic carbocycles. The van der Waals surface area contributed by atoms with E-state index in [4.69, 9.17) is 14.2 Å². The van der Waals surface area contributed by atoms with Crippen molar-refractivity contribution >= 4 is 0 Å². The van der Waals surface area contributed by atoms with Gasteiger partial charge in [0.05, 0.1) is 31.0 Å². The van der Waals surface area contributed by atoms with Gasteiger partial charge in [-0.3, -0.25) is 4.90 Å². The van der Waals surface area contributed by atoms with Crippen LogP contribution in [0.1, 0.15) is 38.5 Å². The molecule has 0 amide bonds. The fraction of sp³-hybridized carbons (Fsp3) is 0.714. The van der Waals surface area contributed by atoms with Gasteiger partial charge in [-0.15, -0.1) is 0 Å². The molecule has 1 saturated carbocycles. The van der Waals surface area contributed by atoms with Crippen molar-refractivity contribution in [3.63, 3.8) is 0 Å². The number of ether oxygens (including phenoxy) is 3. The highest BCUT2D eigenvalue weighted by Gasteiger charge is 2.50. The van der Waals surface area contributed by atoms with E-state index in [0.29, 0.717) is 25.9 Å². The zero-order chi connectivity index (χ0) is 17.8. The second-order valence-corrected chi connectivity index (χ2v) is 8.17. The van der Waals surface area contributed by atoms with Crippen LogP contribution < -0.4 is 4.74 Å². The van der Waals surface area contributed by atoms with Crippen molar-refractivity contribution in [2.24, 2.45) is 0 Å². The Labute approximate surface area is 156 Å². The molecule has 2 saturated heterocycles. The van der Waals surface area contributed by atoms with Crippen molar-refractivity contribution in [1.29, 1.82) is 0 Å². The lowest BCUT2D eigenvalue weighted by Crippen LogP contribution is -2.63. The van der Waals surface area contributed by atoms with Gasteiger partial charge in [-0.05, 0) is 25.0 Å². The molecule has 1 aliphatic carbocycles. The smallest absolute Gasteiger partial charge is 0.125 e. The Kier molecular flexibility index (Phi) is 5.79. The molecule has 1 spiro atoms. The standard InChI is InChI=1S/C21H31NO4/c23-17(13-24-18-7-3-1-4-8-18)12-22-15-21(16-22)11-20(14-25-21)26-19-9-5-2-6-10-19/h2,5-6,9-10,17-18,20,23H,1,3-4,7-8,11-16H2/t17-,20?/m1/s1. The van der Waals surface area contributed by atoms with Gasteiger partial charge in [0.1, 0.15) is 11.9 Å². The monoisotopic (exact) mass is 361 g/mol.